The number of rotatable bonds is 5. The van der Waals surface area contributed by atoms with Gasteiger partial charge in [0.05, 0.1) is 13.2 Å². The van der Waals surface area contributed by atoms with Crippen LogP contribution < -0.4 is 0 Å². The van der Waals surface area contributed by atoms with Gasteiger partial charge in [0.2, 0.25) is 0 Å². The Balaban J connectivity index is 2.18. The van der Waals surface area contributed by atoms with Gasteiger partial charge in [0.15, 0.2) is 0 Å². The summed E-state index contributed by atoms with van der Waals surface area (Å²) in [5.74, 6) is 1.70. The molecular weight excluding hydrogens is 237 g/mol. The van der Waals surface area contributed by atoms with Crippen molar-refractivity contribution in [2.45, 2.75) is 40.0 Å². The number of hydrogen-bond acceptors (Lipinski definition) is 3. The topological polar surface area (TPSA) is 47.9 Å². The van der Waals surface area contributed by atoms with Crippen LogP contribution in [0, 0.1) is 17.8 Å². The third kappa shape index (κ3) is 2.64. The van der Waals surface area contributed by atoms with E-state index >= 15 is 0 Å². The zero-order chi connectivity index (χ0) is 12.5. The number of fused-ring (bicyclic) bond motifs is 2. The van der Waals surface area contributed by atoms with E-state index in [1.54, 1.807) is 0 Å². The first-order valence-corrected chi connectivity index (χ1v) is 8.08. The molecule has 3 unspecified atom stereocenters. The van der Waals surface area contributed by atoms with Crippen molar-refractivity contribution in [1.82, 2.24) is 0 Å². The first-order valence-electron chi connectivity index (χ1n) is 6.58. The molecule has 3 atom stereocenters. The minimum atomic E-state index is -3.25. The van der Waals surface area contributed by atoms with Gasteiger partial charge in [0.25, 0.3) is 0 Å². The molecule has 4 nitrogen and oxygen atoms in total. The molecule has 2 bridgehead atoms. The molecule has 2 saturated carbocycles. The monoisotopic (exact) mass is 259 g/mol. The van der Waals surface area contributed by atoms with Crippen molar-refractivity contribution in [3.8, 4) is 0 Å². The Morgan fingerprint density at radius 3 is 2.41 bits per heavy atom. The maximum Gasteiger partial charge on any atom is 0.453 e. The van der Waals surface area contributed by atoms with E-state index in [1.165, 1.54) is 19.3 Å². The van der Waals surface area contributed by atoms with Gasteiger partial charge in [-0.25, -0.2) is 4.57 Å². The second-order valence-corrected chi connectivity index (χ2v) is 6.54. The Morgan fingerprint density at radius 2 is 1.94 bits per heavy atom. The molecule has 0 aliphatic heterocycles. The van der Waals surface area contributed by atoms with Crippen LogP contribution in [-0.2, 0) is 13.6 Å². The van der Waals surface area contributed by atoms with Crippen LogP contribution in [0.25, 0.3) is 0 Å². The molecule has 2 aliphatic carbocycles. The Bertz CT molecular complexity index is 342. The van der Waals surface area contributed by atoms with Crippen molar-refractivity contribution in [3.63, 3.8) is 0 Å². The van der Waals surface area contributed by atoms with E-state index in [-0.39, 0.29) is 0 Å². The SMILES string of the molecule is CCOP(=O)(N=C1C2CCC(C2)C1C)OCC. The Morgan fingerprint density at radius 1 is 1.29 bits per heavy atom. The lowest BCUT2D eigenvalue weighted by Gasteiger charge is -2.21. The first kappa shape index (κ1) is 13.3. The lowest BCUT2D eigenvalue weighted by molar-refractivity contribution is 0.221. The molecule has 2 fully saturated rings. The van der Waals surface area contributed by atoms with Gasteiger partial charge >= 0.3 is 7.75 Å². The fourth-order valence-corrected chi connectivity index (χ4v) is 4.56. The fraction of sp³-hybridized carbons (Fsp3) is 0.917. The van der Waals surface area contributed by atoms with Crippen LogP contribution >= 0.6 is 7.75 Å². The molecule has 0 spiro atoms. The predicted octanol–water partition coefficient (Wildman–Crippen LogP) is 3.67. The molecule has 17 heavy (non-hydrogen) atoms. The molecular formula is C12H22NO3P. The van der Waals surface area contributed by atoms with E-state index < -0.39 is 7.75 Å². The predicted molar refractivity (Wildman–Crippen MR) is 68.3 cm³/mol. The van der Waals surface area contributed by atoms with Crippen LogP contribution in [0.3, 0.4) is 0 Å². The van der Waals surface area contributed by atoms with Crippen molar-refractivity contribution >= 4 is 13.5 Å². The molecule has 98 valence electrons. The summed E-state index contributed by atoms with van der Waals surface area (Å²) in [5.41, 5.74) is 1.08. The largest absolute Gasteiger partial charge is 0.453 e. The van der Waals surface area contributed by atoms with Gasteiger partial charge in [0.1, 0.15) is 0 Å². The van der Waals surface area contributed by atoms with Gasteiger partial charge < -0.3 is 0 Å². The third-order valence-electron chi connectivity index (χ3n) is 3.89. The molecule has 0 heterocycles. The normalized spacial score (nSPS) is 34.8. The molecule has 0 aromatic carbocycles. The van der Waals surface area contributed by atoms with E-state index in [4.69, 9.17) is 9.05 Å². The van der Waals surface area contributed by atoms with Crippen LogP contribution in [-0.4, -0.2) is 18.9 Å². The van der Waals surface area contributed by atoms with Crippen molar-refractivity contribution in [1.29, 1.82) is 0 Å². The average molecular weight is 259 g/mol. The maximum absolute atomic E-state index is 12.4. The lowest BCUT2D eigenvalue weighted by Crippen LogP contribution is -2.19. The van der Waals surface area contributed by atoms with Gasteiger partial charge in [-0.1, -0.05) is 6.92 Å². The lowest BCUT2D eigenvalue weighted by atomic mass is 9.89. The van der Waals surface area contributed by atoms with Gasteiger partial charge in [-0.3, -0.25) is 9.05 Å². The highest BCUT2D eigenvalue weighted by atomic mass is 31.2. The minimum absolute atomic E-state index is 0.372. The highest BCUT2D eigenvalue weighted by Gasteiger charge is 2.44. The molecule has 0 amide bonds. The Labute approximate surface area is 103 Å². The van der Waals surface area contributed by atoms with Crippen LogP contribution in [0.4, 0.5) is 0 Å². The standard InChI is InChI=1S/C12H22NO3P/c1-4-15-17(14,16-5-2)13-12-9(3)10-6-7-11(12)8-10/h9-11H,4-8H2,1-3H3. The van der Waals surface area contributed by atoms with Crippen LogP contribution in [0.1, 0.15) is 40.0 Å². The summed E-state index contributed by atoms with van der Waals surface area (Å²) in [6, 6.07) is 0. The number of nitrogens with zero attached hydrogens (tertiary/aromatic N) is 1. The zero-order valence-electron chi connectivity index (χ0n) is 10.9. The van der Waals surface area contributed by atoms with E-state index in [9.17, 15) is 4.57 Å². The zero-order valence-corrected chi connectivity index (χ0v) is 11.8. The molecule has 0 N–H and O–H groups in total. The van der Waals surface area contributed by atoms with E-state index in [2.05, 4.69) is 11.7 Å². The fourth-order valence-electron chi connectivity index (χ4n) is 3.09. The van der Waals surface area contributed by atoms with E-state index in [0.717, 1.165) is 11.6 Å². The summed E-state index contributed by atoms with van der Waals surface area (Å²) in [6.45, 7) is 6.56. The van der Waals surface area contributed by atoms with Crippen molar-refractivity contribution in [3.05, 3.63) is 0 Å². The van der Waals surface area contributed by atoms with Crippen molar-refractivity contribution < 1.29 is 13.6 Å². The molecule has 5 heteroatoms. The summed E-state index contributed by atoms with van der Waals surface area (Å²) >= 11 is 0. The third-order valence-corrected chi connectivity index (χ3v) is 5.53. The molecule has 0 aromatic rings. The summed E-state index contributed by atoms with van der Waals surface area (Å²) in [7, 11) is -3.25. The molecule has 2 aliphatic rings. The average Bonchev–Trinajstić information content (AvgIpc) is 2.83. The second kappa shape index (κ2) is 5.21. The van der Waals surface area contributed by atoms with Gasteiger partial charge in [-0.2, -0.15) is 4.76 Å². The van der Waals surface area contributed by atoms with Gasteiger partial charge in [0, 0.05) is 5.71 Å². The smallest absolute Gasteiger partial charge is 0.291 e. The second-order valence-electron chi connectivity index (χ2n) is 4.89. The van der Waals surface area contributed by atoms with Crippen LogP contribution in [0.15, 0.2) is 4.76 Å². The van der Waals surface area contributed by atoms with Crippen LogP contribution in [0.5, 0.6) is 0 Å². The summed E-state index contributed by atoms with van der Waals surface area (Å²) in [5, 5.41) is 0. The van der Waals surface area contributed by atoms with Crippen molar-refractivity contribution in [2.24, 2.45) is 22.5 Å². The van der Waals surface area contributed by atoms with E-state index in [0.29, 0.717) is 25.0 Å². The van der Waals surface area contributed by atoms with Gasteiger partial charge in [-0.05, 0) is 50.9 Å². The summed E-state index contributed by atoms with van der Waals surface area (Å²) in [6.07, 6.45) is 3.68. The van der Waals surface area contributed by atoms with Gasteiger partial charge in [-0.15, -0.1) is 0 Å². The van der Waals surface area contributed by atoms with Crippen LogP contribution in [0.2, 0.25) is 0 Å². The molecule has 0 saturated heterocycles. The Kier molecular flexibility index (Phi) is 4.06. The minimum Gasteiger partial charge on any atom is -0.291 e. The van der Waals surface area contributed by atoms with E-state index in [1.807, 2.05) is 13.8 Å². The Hall–Kier alpha value is -0.180. The highest BCUT2D eigenvalue weighted by molar-refractivity contribution is 7.52. The first-order chi connectivity index (χ1) is 8.09. The molecule has 0 aromatic heterocycles. The molecule has 2 rings (SSSR count). The maximum atomic E-state index is 12.4. The quantitative estimate of drug-likeness (QED) is 0.708. The van der Waals surface area contributed by atoms with Crippen molar-refractivity contribution in [2.75, 3.05) is 13.2 Å². The number of hydrogen-bond donors (Lipinski definition) is 0. The summed E-state index contributed by atoms with van der Waals surface area (Å²) in [4.78, 5) is 0. The summed E-state index contributed by atoms with van der Waals surface area (Å²) < 4.78 is 27.2. The highest BCUT2D eigenvalue weighted by Crippen LogP contribution is 2.54. The molecule has 0 radical (unpaired) electrons.